The van der Waals surface area contributed by atoms with Crippen molar-refractivity contribution in [3.8, 4) is 6.07 Å². The number of benzene rings is 1. The van der Waals surface area contributed by atoms with Crippen molar-refractivity contribution >= 4 is 29.0 Å². The maximum atomic E-state index is 12.3. The Bertz CT molecular complexity index is 768. The van der Waals surface area contributed by atoms with Crippen molar-refractivity contribution in [3.05, 3.63) is 52.2 Å². The fraction of sp³-hybridized carbons (Fsp3) is 0.235. The first-order valence-corrected chi connectivity index (χ1v) is 7.45. The number of rotatable bonds is 4. The summed E-state index contributed by atoms with van der Waals surface area (Å²) in [5.41, 5.74) is 2.44. The van der Waals surface area contributed by atoms with Gasteiger partial charge in [-0.3, -0.25) is 4.79 Å². The van der Waals surface area contributed by atoms with E-state index in [0.717, 1.165) is 5.69 Å². The minimum Gasteiger partial charge on any atom is -0.360 e. The van der Waals surface area contributed by atoms with Crippen LogP contribution in [0.15, 0.2) is 30.3 Å². The number of nitriles is 1. The van der Waals surface area contributed by atoms with Crippen molar-refractivity contribution in [2.75, 3.05) is 23.8 Å². The van der Waals surface area contributed by atoms with E-state index in [-0.39, 0.29) is 12.5 Å². The van der Waals surface area contributed by atoms with Crippen LogP contribution >= 0.6 is 11.6 Å². The lowest BCUT2D eigenvalue weighted by Crippen LogP contribution is -2.32. The van der Waals surface area contributed by atoms with Crippen LogP contribution in [0.5, 0.6) is 0 Å². The number of hydrogen-bond donors (Lipinski definition) is 1. The Kier molecular flexibility index (Phi) is 5.20. The van der Waals surface area contributed by atoms with E-state index in [2.05, 4.69) is 16.4 Å². The van der Waals surface area contributed by atoms with Gasteiger partial charge in [0.05, 0.1) is 22.8 Å². The van der Waals surface area contributed by atoms with E-state index >= 15 is 0 Å². The molecular weight excluding hydrogens is 312 g/mol. The second-order valence-corrected chi connectivity index (χ2v) is 5.49. The van der Waals surface area contributed by atoms with Gasteiger partial charge in [0.1, 0.15) is 11.9 Å². The second-order valence-electron chi connectivity index (χ2n) is 5.11. The summed E-state index contributed by atoms with van der Waals surface area (Å²) >= 11 is 6.11. The predicted octanol–water partition coefficient (Wildman–Crippen LogP) is 3.30. The molecule has 0 radical (unpaired) electrons. The monoisotopic (exact) mass is 328 g/mol. The zero-order valence-corrected chi connectivity index (χ0v) is 14.0. The molecule has 0 bridgehead atoms. The molecule has 0 aliphatic heterocycles. The molecule has 2 aromatic rings. The van der Waals surface area contributed by atoms with Crippen LogP contribution in [0.1, 0.15) is 16.8 Å². The molecule has 0 saturated heterocycles. The number of hydrogen-bond acceptors (Lipinski definition) is 4. The molecule has 0 spiro atoms. The van der Waals surface area contributed by atoms with E-state index < -0.39 is 0 Å². The Morgan fingerprint density at radius 1 is 1.35 bits per heavy atom. The fourth-order valence-corrected chi connectivity index (χ4v) is 2.31. The highest BCUT2D eigenvalue weighted by atomic mass is 35.5. The van der Waals surface area contributed by atoms with Crippen LogP contribution in [0.3, 0.4) is 0 Å². The zero-order chi connectivity index (χ0) is 17.0. The van der Waals surface area contributed by atoms with Crippen LogP contribution in [-0.2, 0) is 4.79 Å². The van der Waals surface area contributed by atoms with E-state index in [1.807, 2.05) is 30.3 Å². The van der Waals surface area contributed by atoms with Gasteiger partial charge in [-0.15, -0.1) is 0 Å². The number of carbonyl (C=O) groups is 1. The minimum atomic E-state index is -0.132. The lowest BCUT2D eigenvalue weighted by atomic mass is 10.1. The summed E-state index contributed by atoms with van der Waals surface area (Å²) in [4.78, 5) is 18.1. The lowest BCUT2D eigenvalue weighted by Gasteiger charge is -2.18. The van der Waals surface area contributed by atoms with Gasteiger partial charge in [-0.05, 0) is 31.5 Å². The van der Waals surface area contributed by atoms with E-state index in [1.54, 1.807) is 25.8 Å². The highest BCUT2D eigenvalue weighted by Crippen LogP contribution is 2.26. The van der Waals surface area contributed by atoms with E-state index in [9.17, 15) is 10.1 Å². The van der Waals surface area contributed by atoms with Crippen molar-refractivity contribution < 1.29 is 4.79 Å². The van der Waals surface area contributed by atoms with Gasteiger partial charge in [-0.2, -0.15) is 5.26 Å². The SMILES string of the molecule is Cc1nc(NCC(=O)N(C)c2ccccc2)c(C#N)c(C)c1Cl. The molecule has 0 fully saturated rings. The van der Waals surface area contributed by atoms with Crippen molar-refractivity contribution in [2.24, 2.45) is 0 Å². The van der Waals surface area contributed by atoms with Gasteiger partial charge in [-0.25, -0.2) is 4.98 Å². The number of amides is 1. The maximum absolute atomic E-state index is 12.3. The summed E-state index contributed by atoms with van der Waals surface area (Å²) in [7, 11) is 1.70. The van der Waals surface area contributed by atoms with Crippen molar-refractivity contribution in [1.29, 1.82) is 5.26 Å². The van der Waals surface area contributed by atoms with E-state index in [0.29, 0.717) is 27.7 Å². The first-order valence-electron chi connectivity index (χ1n) is 7.08. The standard InChI is InChI=1S/C17H17ClN4O/c1-11-14(9-19)17(21-12(2)16(11)18)20-10-15(23)22(3)13-7-5-4-6-8-13/h4-8H,10H2,1-3H3,(H,20,21). The number of pyridine rings is 1. The molecule has 0 aliphatic rings. The number of para-hydroxylation sites is 1. The van der Waals surface area contributed by atoms with Crippen LogP contribution in [0.4, 0.5) is 11.5 Å². The first kappa shape index (κ1) is 16.8. The first-order chi connectivity index (χ1) is 11.0. The number of aromatic nitrogens is 1. The maximum Gasteiger partial charge on any atom is 0.246 e. The number of anilines is 2. The third-order valence-electron chi connectivity index (χ3n) is 3.57. The van der Waals surface area contributed by atoms with Crippen LogP contribution in [0, 0.1) is 25.2 Å². The molecule has 118 valence electrons. The Morgan fingerprint density at radius 2 is 2.00 bits per heavy atom. The number of nitrogens with zero attached hydrogens (tertiary/aromatic N) is 3. The third kappa shape index (κ3) is 3.61. The van der Waals surface area contributed by atoms with Gasteiger partial charge in [0.2, 0.25) is 5.91 Å². The second kappa shape index (κ2) is 7.12. The van der Waals surface area contributed by atoms with Gasteiger partial charge in [0.25, 0.3) is 0 Å². The topological polar surface area (TPSA) is 69.0 Å². The molecule has 1 amide bonds. The van der Waals surface area contributed by atoms with Gasteiger partial charge in [-0.1, -0.05) is 29.8 Å². The highest BCUT2D eigenvalue weighted by molar-refractivity contribution is 6.32. The van der Waals surface area contributed by atoms with E-state index in [1.165, 1.54) is 0 Å². The quantitative estimate of drug-likeness (QED) is 0.935. The third-order valence-corrected chi connectivity index (χ3v) is 4.13. The molecule has 2 rings (SSSR count). The minimum absolute atomic E-state index is 0.0353. The van der Waals surface area contributed by atoms with Crippen LogP contribution in [0.2, 0.25) is 5.02 Å². The summed E-state index contributed by atoms with van der Waals surface area (Å²) in [6, 6.07) is 11.4. The number of aryl methyl sites for hydroxylation is 1. The summed E-state index contributed by atoms with van der Waals surface area (Å²) in [6.07, 6.45) is 0. The van der Waals surface area contributed by atoms with Gasteiger partial charge < -0.3 is 10.2 Å². The van der Waals surface area contributed by atoms with Crippen LogP contribution < -0.4 is 10.2 Å². The molecule has 1 heterocycles. The van der Waals surface area contributed by atoms with Crippen molar-refractivity contribution in [1.82, 2.24) is 4.98 Å². The largest absolute Gasteiger partial charge is 0.360 e. The average molecular weight is 329 g/mol. The molecule has 0 aliphatic carbocycles. The molecule has 0 unspecified atom stereocenters. The molecular formula is C17H17ClN4O. The Balaban J connectivity index is 2.15. The van der Waals surface area contributed by atoms with Crippen LogP contribution in [0.25, 0.3) is 0 Å². The summed E-state index contributed by atoms with van der Waals surface area (Å²) in [5.74, 6) is 0.244. The molecule has 1 aromatic heterocycles. The van der Waals surface area contributed by atoms with Gasteiger partial charge in [0, 0.05) is 12.7 Å². The molecule has 6 heteroatoms. The lowest BCUT2D eigenvalue weighted by molar-refractivity contribution is -0.116. The fourth-order valence-electron chi connectivity index (χ4n) is 2.17. The van der Waals surface area contributed by atoms with Gasteiger partial charge in [0.15, 0.2) is 0 Å². The van der Waals surface area contributed by atoms with Crippen molar-refractivity contribution in [2.45, 2.75) is 13.8 Å². The normalized spacial score (nSPS) is 10.0. The van der Waals surface area contributed by atoms with E-state index in [4.69, 9.17) is 11.6 Å². The number of likely N-dealkylation sites (N-methyl/N-ethyl adjacent to an activating group) is 1. The van der Waals surface area contributed by atoms with Crippen LogP contribution in [-0.4, -0.2) is 24.5 Å². The molecule has 0 saturated carbocycles. The molecule has 1 aromatic carbocycles. The molecule has 23 heavy (non-hydrogen) atoms. The number of halogens is 1. The molecule has 0 atom stereocenters. The average Bonchev–Trinajstić information content (AvgIpc) is 2.57. The Labute approximate surface area is 140 Å². The highest BCUT2D eigenvalue weighted by Gasteiger charge is 2.16. The van der Waals surface area contributed by atoms with Crippen molar-refractivity contribution in [3.63, 3.8) is 0 Å². The summed E-state index contributed by atoms with van der Waals surface area (Å²) in [6.45, 7) is 3.56. The number of carbonyl (C=O) groups excluding carboxylic acids is 1. The summed E-state index contributed by atoms with van der Waals surface area (Å²) in [5, 5.41) is 12.7. The number of nitrogens with one attached hydrogen (secondary N) is 1. The van der Waals surface area contributed by atoms with Gasteiger partial charge >= 0.3 is 0 Å². The molecule has 5 nitrogen and oxygen atoms in total. The Hall–Kier alpha value is -2.58. The smallest absolute Gasteiger partial charge is 0.246 e. The summed E-state index contributed by atoms with van der Waals surface area (Å²) < 4.78 is 0. The predicted molar refractivity (Wildman–Crippen MR) is 91.8 cm³/mol. The molecule has 1 N–H and O–H groups in total. The Morgan fingerprint density at radius 3 is 2.61 bits per heavy atom. The zero-order valence-electron chi connectivity index (χ0n) is 13.2.